The summed E-state index contributed by atoms with van der Waals surface area (Å²) in [6, 6.07) is 3.96. The number of benzene rings is 1. The molecule has 0 saturated carbocycles. The highest BCUT2D eigenvalue weighted by Crippen LogP contribution is 2.34. The lowest BCUT2D eigenvalue weighted by atomic mass is 10.0. The van der Waals surface area contributed by atoms with Crippen LogP contribution >= 0.6 is 0 Å². The highest BCUT2D eigenvalue weighted by atomic mass is 16.7. The fourth-order valence-electron chi connectivity index (χ4n) is 2.65. The van der Waals surface area contributed by atoms with Crippen LogP contribution in [0.2, 0.25) is 0 Å². The maximum atomic E-state index is 5.54. The van der Waals surface area contributed by atoms with Crippen molar-refractivity contribution in [2.24, 2.45) is 0 Å². The van der Waals surface area contributed by atoms with Gasteiger partial charge in [0, 0.05) is 43.9 Å². The Morgan fingerprint density at radius 1 is 1.32 bits per heavy atom. The molecule has 5 nitrogen and oxygen atoms in total. The Kier molecular flexibility index (Phi) is 3.87. The quantitative estimate of drug-likeness (QED) is 0.881. The predicted octanol–water partition coefficient (Wildman–Crippen LogP) is 0.967. The normalized spacial score (nSPS) is 19.6. The third kappa shape index (κ3) is 2.68. The average molecular weight is 264 g/mol. The summed E-state index contributed by atoms with van der Waals surface area (Å²) >= 11 is 0. The fraction of sp³-hybridized carbons (Fsp3) is 0.571. The van der Waals surface area contributed by atoms with Crippen LogP contribution in [0.25, 0.3) is 0 Å². The minimum absolute atomic E-state index is 0.340. The van der Waals surface area contributed by atoms with Gasteiger partial charge in [-0.2, -0.15) is 0 Å². The van der Waals surface area contributed by atoms with E-state index in [0.29, 0.717) is 13.4 Å². The molecule has 1 saturated heterocycles. The second-order valence-electron chi connectivity index (χ2n) is 4.86. The van der Waals surface area contributed by atoms with Crippen LogP contribution in [0, 0.1) is 0 Å². The van der Waals surface area contributed by atoms with Gasteiger partial charge in [0.1, 0.15) is 11.5 Å². The van der Waals surface area contributed by atoms with Crippen LogP contribution in [0.1, 0.15) is 11.1 Å². The van der Waals surface area contributed by atoms with Crippen LogP contribution in [-0.2, 0) is 17.9 Å². The summed E-state index contributed by atoms with van der Waals surface area (Å²) in [4.78, 5) is 2.43. The standard InChI is InChI=1S/C14H20N2O3/c1-17-13-2-3-14-12(9-18-10-19-14)11(13)8-16-6-4-15-5-7-16/h2-3,15H,4-10H2,1H3. The first-order valence-electron chi connectivity index (χ1n) is 6.71. The van der Waals surface area contributed by atoms with Crippen LogP contribution in [0.4, 0.5) is 0 Å². The molecule has 2 heterocycles. The van der Waals surface area contributed by atoms with Gasteiger partial charge in [-0.15, -0.1) is 0 Å². The highest BCUT2D eigenvalue weighted by Gasteiger charge is 2.21. The molecular weight excluding hydrogens is 244 g/mol. The van der Waals surface area contributed by atoms with E-state index in [0.717, 1.165) is 49.8 Å². The number of fused-ring (bicyclic) bond motifs is 1. The summed E-state index contributed by atoms with van der Waals surface area (Å²) in [5, 5.41) is 3.37. The Hall–Kier alpha value is -1.30. The molecule has 0 atom stereocenters. The molecule has 3 rings (SSSR count). The van der Waals surface area contributed by atoms with Crippen molar-refractivity contribution in [3.8, 4) is 11.5 Å². The molecular formula is C14H20N2O3. The van der Waals surface area contributed by atoms with Gasteiger partial charge in [0.05, 0.1) is 13.7 Å². The van der Waals surface area contributed by atoms with Crippen molar-refractivity contribution in [3.63, 3.8) is 0 Å². The lowest BCUT2D eigenvalue weighted by Crippen LogP contribution is -2.43. The van der Waals surface area contributed by atoms with Gasteiger partial charge in [-0.05, 0) is 12.1 Å². The molecule has 0 unspecified atom stereocenters. The molecule has 0 bridgehead atoms. The SMILES string of the molecule is COc1ccc2c(c1CN1CCNCC1)COCO2. The fourth-order valence-corrected chi connectivity index (χ4v) is 2.65. The second kappa shape index (κ2) is 5.77. The summed E-state index contributed by atoms with van der Waals surface area (Å²) in [6.07, 6.45) is 0. The van der Waals surface area contributed by atoms with E-state index in [-0.39, 0.29) is 0 Å². The number of piperazine rings is 1. The molecule has 0 amide bonds. The molecule has 2 aliphatic heterocycles. The molecule has 1 fully saturated rings. The van der Waals surface area contributed by atoms with Crippen molar-refractivity contribution < 1.29 is 14.2 Å². The molecule has 0 spiro atoms. The van der Waals surface area contributed by atoms with E-state index in [9.17, 15) is 0 Å². The van der Waals surface area contributed by atoms with E-state index in [1.807, 2.05) is 12.1 Å². The zero-order valence-corrected chi connectivity index (χ0v) is 11.3. The summed E-state index contributed by atoms with van der Waals surface area (Å²) in [5.41, 5.74) is 2.32. The Morgan fingerprint density at radius 2 is 2.16 bits per heavy atom. The van der Waals surface area contributed by atoms with Crippen molar-refractivity contribution in [1.29, 1.82) is 0 Å². The van der Waals surface area contributed by atoms with Gasteiger partial charge in [-0.25, -0.2) is 0 Å². The van der Waals surface area contributed by atoms with Crippen molar-refractivity contribution in [1.82, 2.24) is 10.2 Å². The second-order valence-corrected chi connectivity index (χ2v) is 4.86. The van der Waals surface area contributed by atoms with E-state index in [2.05, 4.69) is 10.2 Å². The van der Waals surface area contributed by atoms with Crippen LogP contribution in [-0.4, -0.2) is 45.0 Å². The molecule has 1 aromatic rings. The van der Waals surface area contributed by atoms with Crippen LogP contribution in [0.5, 0.6) is 11.5 Å². The Balaban J connectivity index is 1.88. The van der Waals surface area contributed by atoms with E-state index in [1.54, 1.807) is 7.11 Å². The van der Waals surface area contributed by atoms with Gasteiger partial charge in [0.15, 0.2) is 6.79 Å². The summed E-state index contributed by atoms with van der Waals surface area (Å²) in [7, 11) is 1.72. The minimum Gasteiger partial charge on any atom is -0.496 e. The lowest BCUT2D eigenvalue weighted by Gasteiger charge is -2.30. The Labute approximate surface area is 113 Å². The number of hydrogen-bond acceptors (Lipinski definition) is 5. The molecule has 1 aromatic carbocycles. The topological polar surface area (TPSA) is 43.0 Å². The van der Waals surface area contributed by atoms with Crippen molar-refractivity contribution >= 4 is 0 Å². The smallest absolute Gasteiger partial charge is 0.189 e. The first-order valence-corrected chi connectivity index (χ1v) is 6.71. The van der Waals surface area contributed by atoms with Gasteiger partial charge in [0.2, 0.25) is 0 Å². The predicted molar refractivity (Wildman–Crippen MR) is 71.4 cm³/mol. The molecule has 0 radical (unpaired) electrons. The first-order chi connectivity index (χ1) is 9.38. The van der Waals surface area contributed by atoms with Crippen molar-refractivity contribution in [3.05, 3.63) is 23.3 Å². The largest absolute Gasteiger partial charge is 0.496 e. The maximum absolute atomic E-state index is 5.54. The number of methoxy groups -OCH3 is 1. The number of nitrogens with zero attached hydrogens (tertiary/aromatic N) is 1. The molecule has 0 aliphatic carbocycles. The molecule has 2 aliphatic rings. The van der Waals surface area contributed by atoms with Gasteiger partial charge >= 0.3 is 0 Å². The molecule has 0 aromatic heterocycles. The third-order valence-electron chi connectivity index (χ3n) is 3.70. The third-order valence-corrected chi connectivity index (χ3v) is 3.70. The van der Waals surface area contributed by atoms with Gasteiger partial charge in [-0.3, -0.25) is 4.90 Å². The van der Waals surface area contributed by atoms with Crippen LogP contribution in [0.15, 0.2) is 12.1 Å². The van der Waals surface area contributed by atoms with E-state index >= 15 is 0 Å². The van der Waals surface area contributed by atoms with Crippen molar-refractivity contribution in [2.45, 2.75) is 13.2 Å². The van der Waals surface area contributed by atoms with Crippen molar-refractivity contribution in [2.75, 3.05) is 40.1 Å². The van der Waals surface area contributed by atoms with Gasteiger partial charge in [-0.1, -0.05) is 0 Å². The zero-order chi connectivity index (χ0) is 13.1. The molecule has 5 heteroatoms. The number of hydrogen-bond donors (Lipinski definition) is 1. The summed E-state index contributed by atoms with van der Waals surface area (Å²) < 4.78 is 16.5. The molecule has 1 N–H and O–H groups in total. The summed E-state index contributed by atoms with van der Waals surface area (Å²) in [5.74, 6) is 1.85. The van der Waals surface area contributed by atoms with Gasteiger partial charge in [0.25, 0.3) is 0 Å². The number of nitrogens with one attached hydrogen (secondary N) is 1. The number of rotatable bonds is 3. The average Bonchev–Trinajstić information content (AvgIpc) is 2.49. The monoisotopic (exact) mass is 264 g/mol. The molecule has 19 heavy (non-hydrogen) atoms. The van der Waals surface area contributed by atoms with E-state index in [4.69, 9.17) is 14.2 Å². The molecule has 104 valence electrons. The Bertz CT molecular complexity index is 445. The van der Waals surface area contributed by atoms with Gasteiger partial charge < -0.3 is 19.5 Å². The van der Waals surface area contributed by atoms with Crippen LogP contribution < -0.4 is 14.8 Å². The van der Waals surface area contributed by atoms with Crippen LogP contribution in [0.3, 0.4) is 0 Å². The van der Waals surface area contributed by atoms with E-state index in [1.165, 1.54) is 5.56 Å². The summed E-state index contributed by atoms with van der Waals surface area (Å²) in [6.45, 7) is 6.05. The minimum atomic E-state index is 0.340. The highest BCUT2D eigenvalue weighted by molar-refractivity contribution is 5.49. The zero-order valence-electron chi connectivity index (χ0n) is 11.3. The maximum Gasteiger partial charge on any atom is 0.189 e. The van der Waals surface area contributed by atoms with E-state index < -0.39 is 0 Å². The Morgan fingerprint density at radius 3 is 2.95 bits per heavy atom. The first kappa shape index (κ1) is 12.7. The lowest BCUT2D eigenvalue weighted by molar-refractivity contribution is -0.0173. The number of ether oxygens (including phenoxy) is 3.